The lowest BCUT2D eigenvalue weighted by Crippen LogP contribution is -2.56. The molecule has 1 saturated carbocycles. The lowest BCUT2D eigenvalue weighted by molar-refractivity contribution is -0.138. The summed E-state index contributed by atoms with van der Waals surface area (Å²) in [7, 11) is 0. The second kappa shape index (κ2) is 7.40. The van der Waals surface area contributed by atoms with Crippen molar-refractivity contribution in [2.24, 2.45) is 5.92 Å². The molecule has 1 aliphatic carbocycles. The molecule has 2 aromatic heterocycles. The Hall–Kier alpha value is -2.82. The first-order valence-corrected chi connectivity index (χ1v) is 10.6. The zero-order valence-electron chi connectivity index (χ0n) is 17.2. The fourth-order valence-corrected chi connectivity index (χ4v) is 4.62. The number of alkyl halides is 2. The van der Waals surface area contributed by atoms with Crippen LogP contribution >= 0.6 is 0 Å². The van der Waals surface area contributed by atoms with Gasteiger partial charge in [0, 0.05) is 44.0 Å². The van der Waals surface area contributed by atoms with Crippen molar-refractivity contribution in [2.75, 3.05) is 23.3 Å². The number of amides is 1. The van der Waals surface area contributed by atoms with Crippen molar-refractivity contribution in [1.82, 2.24) is 24.6 Å². The topological polar surface area (TPSA) is 99.4 Å². The van der Waals surface area contributed by atoms with E-state index >= 15 is 0 Å². The molecule has 3 fully saturated rings. The van der Waals surface area contributed by atoms with Gasteiger partial charge in [0.2, 0.25) is 11.9 Å². The molecule has 2 aromatic rings. The highest BCUT2D eigenvalue weighted by atomic mass is 19.3. The van der Waals surface area contributed by atoms with E-state index in [0.29, 0.717) is 31.3 Å². The van der Waals surface area contributed by atoms with Gasteiger partial charge < -0.3 is 20.2 Å². The lowest BCUT2D eigenvalue weighted by atomic mass is 10.1. The Bertz CT molecular complexity index is 968. The van der Waals surface area contributed by atoms with Crippen LogP contribution in [-0.2, 0) is 11.3 Å². The first-order valence-electron chi connectivity index (χ1n) is 10.6. The molecule has 3 aliphatic rings. The Balaban J connectivity index is 1.26. The molecule has 9 nitrogen and oxygen atoms in total. The summed E-state index contributed by atoms with van der Waals surface area (Å²) >= 11 is 0. The zero-order valence-corrected chi connectivity index (χ0v) is 17.2. The summed E-state index contributed by atoms with van der Waals surface area (Å²) in [5.41, 5.74) is 0.707. The Labute approximate surface area is 178 Å². The molecule has 2 unspecified atom stereocenters. The maximum atomic E-state index is 13.4. The minimum absolute atomic E-state index is 0.0623. The zero-order chi connectivity index (χ0) is 21.8. The Morgan fingerprint density at radius 2 is 2.06 bits per heavy atom. The third-order valence-corrected chi connectivity index (χ3v) is 6.17. The van der Waals surface area contributed by atoms with Crippen LogP contribution in [0.4, 0.5) is 26.2 Å². The van der Waals surface area contributed by atoms with Crippen LogP contribution < -0.4 is 10.2 Å². The number of aliphatic hydroxyl groups excluding tert-OH is 1. The molecule has 2 bridgehead atoms. The average molecular weight is 433 g/mol. The summed E-state index contributed by atoms with van der Waals surface area (Å²) in [6.07, 6.45) is 5.89. The number of anilines is 3. The van der Waals surface area contributed by atoms with E-state index in [2.05, 4.69) is 25.3 Å². The molecule has 2 N–H and O–H groups in total. The van der Waals surface area contributed by atoms with Crippen molar-refractivity contribution in [3.05, 3.63) is 24.7 Å². The number of piperazine rings is 1. The number of rotatable bonds is 6. The van der Waals surface area contributed by atoms with Crippen LogP contribution in [0.25, 0.3) is 0 Å². The number of hydrogen-bond acceptors (Lipinski definition) is 7. The molecule has 0 aromatic carbocycles. The number of carbonyl (C=O) groups excluding carboxylic acids is 1. The molecule has 0 spiro atoms. The Kier molecular flexibility index (Phi) is 4.80. The summed E-state index contributed by atoms with van der Waals surface area (Å²) in [6.45, 7) is 3.23. The van der Waals surface area contributed by atoms with Gasteiger partial charge in [0.15, 0.2) is 0 Å². The molecule has 31 heavy (non-hydrogen) atoms. The molecule has 4 heterocycles. The largest absolute Gasteiger partial charge is 0.391 e. The van der Waals surface area contributed by atoms with Crippen LogP contribution in [-0.4, -0.2) is 72.9 Å². The fraction of sp³-hybridized carbons (Fsp3) is 0.600. The van der Waals surface area contributed by atoms with Crippen molar-refractivity contribution < 1.29 is 18.7 Å². The van der Waals surface area contributed by atoms with Crippen molar-refractivity contribution in [3.63, 3.8) is 0 Å². The quantitative estimate of drug-likeness (QED) is 0.714. The van der Waals surface area contributed by atoms with Crippen LogP contribution in [0.1, 0.15) is 26.2 Å². The van der Waals surface area contributed by atoms with Gasteiger partial charge in [-0.1, -0.05) is 0 Å². The Morgan fingerprint density at radius 3 is 2.71 bits per heavy atom. The van der Waals surface area contributed by atoms with Crippen LogP contribution in [0.15, 0.2) is 24.7 Å². The molecule has 5 rings (SSSR count). The van der Waals surface area contributed by atoms with Gasteiger partial charge in [-0.3, -0.25) is 9.48 Å². The number of carbonyl (C=O) groups is 1. The van der Waals surface area contributed by atoms with E-state index in [0.717, 1.165) is 18.7 Å². The van der Waals surface area contributed by atoms with Crippen molar-refractivity contribution >= 4 is 23.4 Å². The van der Waals surface area contributed by atoms with Gasteiger partial charge in [0.25, 0.3) is 5.92 Å². The molecule has 4 atom stereocenters. The van der Waals surface area contributed by atoms with Crippen LogP contribution in [0, 0.1) is 5.92 Å². The van der Waals surface area contributed by atoms with E-state index in [-0.39, 0.29) is 18.5 Å². The predicted octanol–water partition coefficient (Wildman–Crippen LogP) is 1.63. The number of aromatic nitrogens is 4. The van der Waals surface area contributed by atoms with Crippen LogP contribution in [0.3, 0.4) is 0 Å². The molecule has 11 heteroatoms. The number of nitrogens with zero attached hydrogens (tertiary/aromatic N) is 6. The van der Waals surface area contributed by atoms with Crippen molar-refractivity contribution in [2.45, 2.75) is 56.8 Å². The first-order chi connectivity index (χ1) is 14.8. The maximum absolute atomic E-state index is 13.4. The summed E-state index contributed by atoms with van der Waals surface area (Å²) < 4.78 is 28.4. The number of nitrogens with one attached hydrogen (secondary N) is 1. The fourth-order valence-electron chi connectivity index (χ4n) is 4.62. The average Bonchev–Trinajstić information content (AvgIpc) is 3.00. The normalized spacial score (nSPS) is 27.3. The Morgan fingerprint density at radius 1 is 1.35 bits per heavy atom. The number of hydrogen-bond donors (Lipinski definition) is 2. The molecule has 2 aliphatic heterocycles. The number of fused-ring (bicyclic) bond motifs is 2. The summed E-state index contributed by atoms with van der Waals surface area (Å²) in [5.74, 6) is -3.21. The minimum atomic E-state index is -2.83. The van der Waals surface area contributed by atoms with Gasteiger partial charge in [-0.05, 0) is 25.8 Å². The maximum Gasteiger partial charge on any atom is 0.260 e. The molecule has 0 radical (unpaired) electrons. The van der Waals surface area contributed by atoms with Crippen molar-refractivity contribution in [3.8, 4) is 0 Å². The van der Waals surface area contributed by atoms with Crippen LogP contribution in [0.2, 0.25) is 0 Å². The third kappa shape index (κ3) is 3.93. The predicted molar refractivity (Wildman–Crippen MR) is 108 cm³/mol. The monoisotopic (exact) mass is 433 g/mol. The van der Waals surface area contributed by atoms with Gasteiger partial charge in [0.1, 0.15) is 11.7 Å². The highest BCUT2D eigenvalue weighted by molar-refractivity contribution is 5.84. The SMILES string of the molecule is C[C@H](O)Cn1cc(Nc2nccc(N3CC4CCC(C3)N4C(=O)[C@@H]3CC3(F)F)n2)cn1. The second-order valence-electron chi connectivity index (χ2n) is 8.72. The van der Waals surface area contributed by atoms with E-state index in [9.17, 15) is 18.7 Å². The molecule has 166 valence electrons. The summed E-state index contributed by atoms with van der Waals surface area (Å²) in [5, 5.41) is 16.8. The van der Waals surface area contributed by atoms with Gasteiger partial charge in [-0.2, -0.15) is 10.1 Å². The summed E-state index contributed by atoms with van der Waals surface area (Å²) in [6, 6.07) is 1.69. The number of halogens is 2. The third-order valence-electron chi connectivity index (χ3n) is 6.17. The van der Waals surface area contributed by atoms with E-state index in [1.54, 1.807) is 35.1 Å². The van der Waals surface area contributed by atoms with E-state index < -0.39 is 23.9 Å². The number of aliphatic hydroxyl groups is 1. The first kappa shape index (κ1) is 20.1. The van der Waals surface area contributed by atoms with E-state index in [4.69, 9.17) is 0 Å². The van der Waals surface area contributed by atoms with Gasteiger partial charge in [-0.15, -0.1) is 0 Å². The molecular weight excluding hydrogens is 408 g/mol. The molecular formula is C20H25F2N7O2. The van der Waals surface area contributed by atoms with E-state index in [1.807, 2.05) is 6.07 Å². The lowest BCUT2D eigenvalue weighted by Gasteiger charge is -2.41. The van der Waals surface area contributed by atoms with Gasteiger partial charge >= 0.3 is 0 Å². The minimum Gasteiger partial charge on any atom is -0.391 e. The smallest absolute Gasteiger partial charge is 0.260 e. The van der Waals surface area contributed by atoms with Crippen molar-refractivity contribution in [1.29, 1.82) is 0 Å². The van der Waals surface area contributed by atoms with E-state index in [1.165, 1.54) is 0 Å². The highest BCUT2D eigenvalue weighted by Gasteiger charge is 2.64. The highest BCUT2D eigenvalue weighted by Crippen LogP contribution is 2.51. The van der Waals surface area contributed by atoms with Gasteiger partial charge in [-0.25, -0.2) is 13.8 Å². The summed E-state index contributed by atoms with van der Waals surface area (Å²) in [4.78, 5) is 25.2. The standard InChI is InChI=1S/C20H25F2N7O2/c1-12(30)8-28-9-13(7-24-28)25-19-23-5-4-17(26-19)27-10-14-2-3-15(11-27)29(14)18(31)16-6-20(16,21)22/h4-5,7,9,12,14-16,30H,2-3,6,8,10-11H2,1H3,(H,23,25,26)/t12-,14?,15?,16-/m0/s1. The van der Waals surface area contributed by atoms with Crippen LogP contribution in [0.5, 0.6) is 0 Å². The second-order valence-corrected chi connectivity index (χ2v) is 8.72. The van der Waals surface area contributed by atoms with Gasteiger partial charge in [0.05, 0.1) is 24.5 Å². The molecule has 2 saturated heterocycles. The molecule has 1 amide bonds.